The second-order valence-corrected chi connectivity index (χ2v) is 6.43. The zero-order valence-corrected chi connectivity index (χ0v) is 14.9. The number of fused-ring (bicyclic) bond motifs is 1. The normalized spacial score (nSPS) is 19.6. The first-order valence-electron chi connectivity index (χ1n) is 8.71. The zero-order chi connectivity index (χ0) is 18.8. The molecule has 0 radical (unpaired) electrons. The van der Waals surface area contributed by atoms with E-state index in [1.165, 1.54) is 7.11 Å². The maximum Gasteiger partial charge on any atom is 0.254 e. The van der Waals surface area contributed by atoms with Crippen LogP contribution in [0.5, 0.6) is 11.5 Å². The summed E-state index contributed by atoms with van der Waals surface area (Å²) in [5.74, 6) is 1.30. The van der Waals surface area contributed by atoms with E-state index < -0.39 is 0 Å². The first kappa shape index (κ1) is 17.4. The van der Waals surface area contributed by atoms with Gasteiger partial charge in [0.25, 0.3) is 5.91 Å². The number of nitrogens with zero attached hydrogens (tertiary/aromatic N) is 2. The molecule has 1 N–H and O–H groups in total. The molecule has 0 bridgehead atoms. The number of hydrogen-bond donors (Lipinski definition) is 1. The lowest BCUT2D eigenvalue weighted by Gasteiger charge is -2.22. The third-order valence-electron chi connectivity index (χ3n) is 4.80. The average Bonchev–Trinajstić information content (AvgIpc) is 3.34. The second-order valence-electron chi connectivity index (χ2n) is 6.43. The van der Waals surface area contributed by atoms with Gasteiger partial charge in [0.1, 0.15) is 7.11 Å². The molecule has 1 unspecified atom stereocenters. The summed E-state index contributed by atoms with van der Waals surface area (Å²) in [7, 11) is 1.47. The summed E-state index contributed by atoms with van der Waals surface area (Å²) in [6.45, 7) is 0.461. The molecule has 27 heavy (non-hydrogen) atoms. The highest BCUT2D eigenvalue weighted by Gasteiger charge is 2.33. The van der Waals surface area contributed by atoms with Crippen LogP contribution in [0.1, 0.15) is 16.8 Å². The Morgan fingerprint density at radius 3 is 2.81 bits per heavy atom. The van der Waals surface area contributed by atoms with Crippen LogP contribution < -0.4 is 9.47 Å². The van der Waals surface area contributed by atoms with E-state index in [0.29, 0.717) is 18.5 Å². The van der Waals surface area contributed by atoms with Crippen molar-refractivity contribution in [1.29, 1.82) is 0 Å². The van der Waals surface area contributed by atoms with E-state index in [2.05, 4.69) is 5.16 Å². The predicted molar refractivity (Wildman–Crippen MR) is 99.0 cm³/mol. The Morgan fingerprint density at radius 1 is 1.26 bits per heavy atom. The molecule has 1 atom stereocenters. The van der Waals surface area contributed by atoms with Crippen LogP contribution in [0.15, 0.2) is 47.6 Å². The fourth-order valence-corrected chi connectivity index (χ4v) is 3.48. The van der Waals surface area contributed by atoms with Gasteiger partial charge in [-0.25, -0.2) is 0 Å². The number of rotatable bonds is 4. The summed E-state index contributed by atoms with van der Waals surface area (Å²) >= 11 is 0. The SMILES string of the molecule is CON=C1CC(CO)N(C(=O)c2ccc(-c3cccc4c3OCO4)cc2)C1. The minimum atomic E-state index is -0.283. The van der Waals surface area contributed by atoms with Gasteiger partial charge in [0.2, 0.25) is 6.79 Å². The maximum atomic E-state index is 12.9. The van der Waals surface area contributed by atoms with Crippen molar-refractivity contribution in [2.75, 3.05) is 27.1 Å². The number of para-hydroxylation sites is 1. The van der Waals surface area contributed by atoms with Gasteiger partial charge in [0, 0.05) is 17.5 Å². The molecular weight excluding hydrogens is 348 g/mol. The molecule has 0 aliphatic carbocycles. The summed E-state index contributed by atoms with van der Waals surface area (Å²) < 4.78 is 11.0. The van der Waals surface area contributed by atoms with E-state index >= 15 is 0 Å². The van der Waals surface area contributed by atoms with Crippen LogP contribution >= 0.6 is 0 Å². The summed E-state index contributed by atoms with van der Waals surface area (Å²) in [5.41, 5.74) is 3.17. The molecule has 2 aromatic rings. The van der Waals surface area contributed by atoms with Gasteiger partial charge in [0.05, 0.1) is 24.9 Å². The Labute approximate surface area is 156 Å². The number of oxime groups is 1. The lowest BCUT2D eigenvalue weighted by molar-refractivity contribution is 0.0680. The molecule has 2 heterocycles. The van der Waals surface area contributed by atoms with Crippen molar-refractivity contribution in [3.05, 3.63) is 48.0 Å². The van der Waals surface area contributed by atoms with Gasteiger partial charge in [0.15, 0.2) is 11.5 Å². The van der Waals surface area contributed by atoms with Crippen LogP contribution in [-0.4, -0.2) is 54.7 Å². The van der Waals surface area contributed by atoms with Gasteiger partial charge in [-0.1, -0.05) is 29.4 Å². The van der Waals surface area contributed by atoms with Crippen molar-refractivity contribution in [2.24, 2.45) is 5.16 Å². The fraction of sp³-hybridized carbons (Fsp3) is 0.300. The van der Waals surface area contributed by atoms with Gasteiger partial charge in [-0.15, -0.1) is 0 Å². The van der Waals surface area contributed by atoms with Gasteiger partial charge in [-0.2, -0.15) is 0 Å². The summed E-state index contributed by atoms with van der Waals surface area (Å²) in [6, 6.07) is 12.8. The number of carbonyl (C=O) groups is 1. The van der Waals surface area contributed by atoms with Gasteiger partial charge in [-0.3, -0.25) is 4.79 Å². The van der Waals surface area contributed by atoms with Crippen molar-refractivity contribution in [3.8, 4) is 22.6 Å². The molecule has 0 spiro atoms. The van der Waals surface area contributed by atoms with Crippen LogP contribution in [0.3, 0.4) is 0 Å². The second kappa shape index (κ2) is 7.28. The lowest BCUT2D eigenvalue weighted by atomic mass is 10.0. The Morgan fingerprint density at radius 2 is 2.07 bits per heavy atom. The van der Waals surface area contributed by atoms with Crippen molar-refractivity contribution in [1.82, 2.24) is 4.90 Å². The van der Waals surface area contributed by atoms with E-state index in [1.54, 1.807) is 17.0 Å². The molecule has 140 valence electrons. The van der Waals surface area contributed by atoms with Crippen molar-refractivity contribution < 1.29 is 24.2 Å². The number of amides is 1. The molecule has 1 fully saturated rings. The van der Waals surface area contributed by atoms with Crippen molar-refractivity contribution in [2.45, 2.75) is 12.5 Å². The Hall–Kier alpha value is -3.06. The fourth-order valence-electron chi connectivity index (χ4n) is 3.48. The molecule has 2 aliphatic rings. The summed E-state index contributed by atoms with van der Waals surface area (Å²) in [6.07, 6.45) is 0.516. The van der Waals surface area contributed by atoms with Crippen molar-refractivity contribution in [3.63, 3.8) is 0 Å². The van der Waals surface area contributed by atoms with Crippen LogP contribution in [0.4, 0.5) is 0 Å². The molecule has 7 heteroatoms. The Kier molecular flexibility index (Phi) is 4.68. The standard InChI is InChI=1S/C20H20N2O5/c1-25-21-15-9-16(11-23)22(10-15)20(24)14-7-5-13(6-8-14)17-3-2-4-18-19(17)27-12-26-18/h2-8,16,23H,9-12H2,1H3. The smallest absolute Gasteiger partial charge is 0.254 e. The first-order chi connectivity index (χ1) is 13.2. The van der Waals surface area contributed by atoms with Crippen LogP contribution in [-0.2, 0) is 4.84 Å². The number of aliphatic hydroxyl groups is 1. The minimum absolute atomic E-state index is 0.111. The average molecular weight is 368 g/mol. The molecule has 7 nitrogen and oxygen atoms in total. The van der Waals surface area contributed by atoms with E-state index in [-0.39, 0.29) is 25.3 Å². The number of aliphatic hydroxyl groups excluding tert-OH is 1. The third-order valence-corrected chi connectivity index (χ3v) is 4.80. The van der Waals surface area contributed by atoms with Gasteiger partial charge < -0.3 is 24.3 Å². The van der Waals surface area contributed by atoms with Crippen LogP contribution in [0, 0.1) is 0 Å². The summed E-state index contributed by atoms with van der Waals surface area (Å²) in [4.78, 5) is 19.3. The van der Waals surface area contributed by atoms with Gasteiger partial charge in [-0.05, 0) is 23.8 Å². The van der Waals surface area contributed by atoms with Crippen LogP contribution in [0.25, 0.3) is 11.1 Å². The van der Waals surface area contributed by atoms with E-state index in [9.17, 15) is 9.90 Å². The largest absolute Gasteiger partial charge is 0.454 e. The van der Waals surface area contributed by atoms with E-state index in [0.717, 1.165) is 28.3 Å². The molecule has 0 aromatic heterocycles. The quantitative estimate of drug-likeness (QED) is 0.838. The number of benzene rings is 2. The Bertz CT molecular complexity index is 878. The van der Waals surface area contributed by atoms with Crippen molar-refractivity contribution >= 4 is 11.6 Å². The molecule has 1 amide bonds. The monoisotopic (exact) mass is 368 g/mol. The van der Waals surface area contributed by atoms with E-state index in [4.69, 9.17) is 14.3 Å². The Balaban J connectivity index is 1.57. The number of likely N-dealkylation sites (tertiary alicyclic amines) is 1. The summed E-state index contributed by atoms with van der Waals surface area (Å²) in [5, 5.41) is 13.5. The third kappa shape index (κ3) is 3.21. The van der Waals surface area contributed by atoms with Gasteiger partial charge >= 0.3 is 0 Å². The molecule has 2 aliphatic heterocycles. The first-order valence-corrected chi connectivity index (χ1v) is 8.71. The maximum absolute atomic E-state index is 12.9. The molecule has 1 saturated heterocycles. The highest BCUT2D eigenvalue weighted by molar-refractivity contribution is 6.00. The highest BCUT2D eigenvalue weighted by atomic mass is 16.7. The molecular formula is C20H20N2O5. The minimum Gasteiger partial charge on any atom is -0.454 e. The number of ether oxygens (including phenoxy) is 2. The van der Waals surface area contributed by atoms with Crippen LogP contribution in [0.2, 0.25) is 0 Å². The molecule has 0 saturated carbocycles. The zero-order valence-electron chi connectivity index (χ0n) is 14.9. The molecule has 4 rings (SSSR count). The number of hydrogen-bond acceptors (Lipinski definition) is 6. The highest BCUT2D eigenvalue weighted by Crippen LogP contribution is 2.41. The molecule has 2 aromatic carbocycles. The van der Waals surface area contributed by atoms with E-state index in [1.807, 2.05) is 30.3 Å². The number of carbonyl (C=O) groups excluding carboxylic acids is 1. The predicted octanol–water partition coefficient (Wildman–Crippen LogP) is 2.29. The lowest BCUT2D eigenvalue weighted by Crippen LogP contribution is -2.37. The topological polar surface area (TPSA) is 80.6 Å².